The van der Waals surface area contributed by atoms with Crippen molar-refractivity contribution in [2.75, 3.05) is 6.54 Å². The van der Waals surface area contributed by atoms with Gasteiger partial charge in [-0.15, -0.1) is 17.8 Å². The summed E-state index contributed by atoms with van der Waals surface area (Å²) >= 11 is 1.55. The zero-order valence-corrected chi connectivity index (χ0v) is 17.2. The van der Waals surface area contributed by atoms with Gasteiger partial charge in [-0.1, -0.05) is 5.92 Å². The van der Waals surface area contributed by atoms with Crippen LogP contribution in [0.3, 0.4) is 0 Å². The Labute approximate surface area is 178 Å². The average molecular weight is 426 g/mol. The van der Waals surface area contributed by atoms with Crippen LogP contribution in [0.2, 0.25) is 0 Å². The van der Waals surface area contributed by atoms with E-state index in [0.717, 1.165) is 29.1 Å². The highest BCUT2D eigenvalue weighted by atomic mass is 32.1. The molecule has 9 heteroatoms. The number of hydrogen-bond donors (Lipinski definition) is 2. The Kier molecular flexibility index (Phi) is 5.35. The number of rotatable bonds is 7. The monoisotopic (exact) mass is 425 g/mol. The summed E-state index contributed by atoms with van der Waals surface area (Å²) in [6, 6.07) is 4.46. The third kappa shape index (κ3) is 3.71. The molecule has 2 fully saturated rings. The number of nitrogens with zero attached hydrogens (tertiary/aromatic N) is 3. The first-order valence-electron chi connectivity index (χ1n) is 9.91. The number of nitrogens with two attached hydrogens (primary N) is 1. The number of terminal acetylenes is 1. The van der Waals surface area contributed by atoms with E-state index in [0.29, 0.717) is 13.0 Å². The highest BCUT2D eigenvalue weighted by Crippen LogP contribution is 2.52. The van der Waals surface area contributed by atoms with Crippen molar-refractivity contribution in [1.29, 1.82) is 0 Å². The maximum Gasteiger partial charge on any atom is 0.243 e. The van der Waals surface area contributed by atoms with E-state index < -0.39 is 23.4 Å². The van der Waals surface area contributed by atoms with E-state index >= 15 is 0 Å². The summed E-state index contributed by atoms with van der Waals surface area (Å²) in [4.78, 5) is 40.1. The van der Waals surface area contributed by atoms with Crippen LogP contribution in [0.5, 0.6) is 0 Å². The van der Waals surface area contributed by atoms with Gasteiger partial charge in [-0.2, -0.15) is 5.10 Å². The molecule has 2 aromatic heterocycles. The highest BCUT2D eigenvalue weighted by Gasteiger charge is 2.56. The molecule has 0 aromatic carbocycles. The fourth-order valence-corrected chi connectivity index (χ4v) is 5.16. The van der Waals surface area contributed by atoms with Crippen molar-refractivity contribution in [3.8, 4) is 17.3 Å². The fourth-order valence-electron chi connectivity index (χ4n) is 3.98. The summed E-state index contributed by atoms with van der Waals surface area (Å²) in [5.74, 6) is 1.45. The normalized spacial score (nSPS) is 20.4. The number of amides is 3. The minimum atomic E-state index is -0.767. The molecule has 156 valence electrons. The lowest BCUT2D eigenvalue weighted by Crippen LogP contribution is -2.51. The molecule has 1 saturated heterocycles. The van der Waals surface area contributed by atoms with Crippen LogP contribution in [0.1, 0.15) is 37.0 Å². The number of aromatic nitrogens is 2. The zero-order chi connectivity index (χ0) is 21.3. The summed E-state index contributed by atoms with van der Waals surface area (Å²) in [6.45, 7) is 0.534. The molecule has 8 nitrogen and oxygen atoms in total. The smallest absolute Gasteiger partial charge is 0.243 e. The maximum absolute atomic E-state index is 13.5. The number of carbonyl (C=O) groups is 3. The van der Waals surface area contributed by atoms with Crippen molar-refractivity contribution in [2.24, 2.45) is 5.73 Å². The fraction of sp³-hybridized carbons (Fsp3) is 0.429. The van der Waals surface area contributed by atoms with Crippen LogP contribution in [-0.2, 0) is 19.8 Å². The van der Waals surface area contributed by atoms with Crippen LogP contribution in [0.25, 0.3) is 5.00 Å². The van der Waals surface area contributed by atoms with Crippen LogP contribution < -0.4 is 11.1 Å². The summed E-state index contributed by atoms with van der Waals surface area (Å²) in [7, 11) is 0. The van der Waals surface area contributed by atoms with Crippen molar-refractivity contribution >= 4 is 29.1 Å². The van der Waals surface area contributed by atoms with Gasteiger partial charge in [0.25, 0.3) is 0 Å². The molecule has 0 unspecified atom stereocenters. The molecule has 2 aliphatic rings. The number of likely N-dealkylation sites (tertiary alicyclic amines) is 1. The van der Waals surface area contributed by atoms with Crippen LogP contribution in [0, 0.1) is 12.3 Å². The van der Waals surface area contributed by atoms with Crippen molar-refractivity contribution in [2.45, 2.75) is 49.6 Å². The van der Waals surface area contributed by atoms with Gasteiger partial charge in [-0.05, 0) is 43.9 Å². The second-order valence-corrected chi connectivity index (χ2v) is 8.79. The highest BCUT2D eigenvalue weighted by molar-refractivity contribution is 7.14. The molecule has 0 bridgehead atoms. The molecule has 30 heavy (non-hydrogen) atoms. The second kappa shape index (κ2) is 7.95. The van der Waals surface area contributed by atoms with Crippen molar-refractivity contribution in [3.05, 3.63) is 35.5 Å². The maximum atomic E-state index is 13.5. The van der Waals surface area contributed by atoms with Gasteiger partial charge in [-0.3, -0.25) is 14.4 Å². The van der Waals surface area contributed by atoms with Crippen LogP contribution in [0.15, 0.2) is 30.6 Å². The van der Waals surface area contributed by atoms with Gasteiger partial charge in [0.2, 0.25) is 17.7 Å². The average Bonchev–Trinajstić information content (AvgIpc) is 3.18. The Bertz CT molecular complexity index is 1000. The third-order valence-electron chi connectivity index (χ3n) is 5.69. The molecule has 2 atom stereocenters. The van der Waals surface area contributed by atoms with Crippen molar-refractivity contribution < 1.29 is 14.4 Å². The van der Waals surface area contributed by atoms with Gasteiger partial charge in [0.15, 0.2) is 0 Å². The lowest BCUT2D eigenvalue weighted by molar-refractivity contribution is -0.140. The Morgan fingerprint density at radius 2 is 2.20 bits per heavy atom. The first kappa shape index (κ1) is 20.2. The molecule has 3 amide bonds. The number of hydrogen-bond acceptors (Lipinski definition) is 5. The summed E-state index contributed by atoms with van der Waals surface area (Å²) in [6.07, 6.45) is 11.7. The Morgan fingerprint density at radius 1 is 1.40 bits per heavy atom. The van der Waals surface area contributed by atoms with E-state index in [1.54, 1.807) is 27.1 Å². The molecular formula is C21H23N5O3S. The molecule has 1 aliphatic heterocycles. The van der Waals surface area contributed by atoms with Crippen molar-refractivity contribution in [3.63, 3.8) is 0 Å². The minimum Gasteiger partial charge on any atom is -0.370 e. The van der Waals surface area contributed by atoms with Gasteiger partial charge in [0.1, 0.15) is 11.0 Å². The topological polar surface area (TPSA) is 110 Å². The molecule has 1 saturated carbocycles. The predicted molar refractivity (Wildman–Crippen MR) is 112 cm³/mol. The van der Waals surface area contributed by atoms with E-state index in [-0.39, 0.29) is 18.2 Å². The van der Waals surface area contributed by atoms with Crippen LogP contribution in [-0.4, -0.2) is 51.0 Å². The van der Waals surface area contributed by atoms with Gasteiger partial charge in [0.05, 0.1) is 17.9 Å². The SMILES string of the molecule is C#C[C@H](CC(N)=O)NC(=O)[C@@H]1CCCN1C(=O)C1(c2ccc(-n3cccn3)s2)CC1. The van der Waals surface area contributed by atoms with Crippen molar-refractivity contribution in [1.82, 2.24) is 20.0 Å². The van der Waals surface area contributed by atoms with Crippen LogP contribution >= 0.6 is 11.3 Å². The summed E-state index contributed by atoms with van der Waals surface area (Å²) in [5, 5.41) is 7.88. The Balaban J connectivity index is 1.49. The largest absolute Gasteiger partial charge is 0.370 e. The Hall–Kier alpha value is -3.12. The number of carbonyl (C=O) groups excluding carboxylic acids is 3. The summed E-state index contributed by atoms with van der Waals surface area (Å²) < 4.78 is 1.78. The van der Waals surface area contributed by atoms with E-state index in [9.17, 15) is 14.4 Å². The van der Waals surface area contributed by atoms with E-state index in [1.807, 2.05) is 24.4 Å². The van der Waals surface area contributed by atoms with Crippen LogP contribution in [0.4, 0.5) is 0 Å². The second-order valence-electron chi connectivity index (χ2n) is 7.73. The number of nitrogens with one attached hydrogen (secondary N) is 1. The standard InChI is InChI=1S/C21H23N5O3S/c1-2-14(13-17(22)27)24-19(28)15-5-3-11-25(15)20(29)21(8-9-21)16-6-7-18(30-16)26-12-4-10-23-26/h1,4,6-7,10,12,14-15H,3,5,8-9,11,13H2,(H2,22,27)(H,24,28)/t14-,15+/m1/s1. The lowest BCUT2D eigenvalue weighted by Gasteiger charge is -2.28. The molecule has 2 aromatic rings. The lowest BCUT2D eigenvalue weighted by atomic mass is 10.0. The zero-order valence-electron chi connectivity index (χ0n) is 16.4. The van der Waals surface area contributed by atoms with E-state index in [2.05, 4.69) is 16.3 Å². The molecule has 0 spiro atoms. The molecule has 0 radical (unpaired) electrons. The van der Waals surface area contributed by atoms with Gasteiger partial charge in [-0.25, -0.2) is 4.68 Å². The van der Waals surface area contributed by atoms with E-state index in [1.165, 1.54) is 0 Å². The molecule has 3 N–H and O–H groups in total. The quantitative estimate of drug-likeness (QED) is 0.644. The van der Waals surface area contributed by atoms with Gasteiger partial charge >= 0.3 is 0 Å². The predicted octanol–water partition coefficient (Wildman–Crippen LogP) is 0.950. The van der Waals surface area contributed by atoms with Gasteiger partial charge < -0.3 is 16.0 Å². The third-order valence-corrected chi connectivity index (χ3v) is 6.97. The molecular weight excluding hydrogens is 402 g/mol. The molecule has 1 aliphatic carbocycles. The molecule has 3 heterocycles. The number of primary amides is 1. The molecule has 4 rings (SSSR count). The number of thiophene rings is 1. The Morgan fingerprint density at radius 3 is 2.83 bits per heavy atom. The first-order valence-corrected chi connectivity index (χ1v) is 10.7. The van der Waals surface area contributed by atoms with Gasteiger partial charge in [0, 0.05) is 23.8 Å². The summed E-state index contributed by atoms with van der Waals surface area (Å²) in [5.41, 5.74) is 4.63. The minimum absolute atomic E-state index is 0.0128. The first-order chi connectivity index (χ1) is 14.4. The van der Waals surface area contributed by atoms with E-state index in [4.69, 9.17) is 12.2 Å².